The Morgan fingerprint density at radius 3 is 2.24 bits per heavy atom. The van der Waals surface area contributed by atoms with E-state index in [1.165, 1.54) is 7.11 Å². The number of carbonyl (C=O) groups is 2. The molecule has 0 saturated heterocycles. The maximum Gasteiger partial charge on any atom is 0.408 e. The van der Waals surface area contributed by atoms with Gasteiger partial charge in [-0.25, -0.2) is 9.59 Å². The van der Waals surface area contributed by atoms with Crippen molar-refractivity contribution in [2.24, 2.45) is 17.8 Å². The number of esters is 1. The third-order valence-corrected chi connectivity index (χ3v) is 4.11. The molecule has 4 atom stereocenters. The highest BCUT2D eigenvalue weighted by molar-refractivity contribution is 5.81. The summed E-state index contributed by atoms with van der Waals surface area (Å²) in [4.78, 5) is 23.7. The van der Waals surface area contributed by atoms with E-state index < -0.39 is 23.7 Å². The molecule has 5 nitrogen and oxygen atoms in total. The number of alkyl carbamates (subject to hydrolysis) is 1. The Balaban J connectivity index is 1.89. The van der Waals surface area contributed by atoms with Gasteiger partial charge in [0.05, 0.1) is 7.11 Å². The van der Waals surface area contributed by atoms with Crippen molar-refractivity contribution in [2.45, 2.75) is 51.7 Å². The lowest BCUT2D eigenvalue weighted by atomic mass is 9.86. The van der Waals surface area contributed by atoms with Crippen LogP contribution in [0, 0.1) is 17.8 Å². The number of hydrogen-bond donors (Lipinski definition) is 1. The minimum Gasteiger partial charge on any atom is -0.467 e. The van der Waals surface area contributed by atoms with Gasteiger partial charge in [0.2, 0.25) is 0 Å². The smallest absolute Gasteiger partial charge is 0.408 e. The molecule has 2 aliphatic carbocycles. The Hall–Kier alpha value is -1.52. The first-order valence-corrected chi connectivity index (χ1v) is 7.54. The van der Waals surface area contributed by atoms with Gasteiger partial charge in [0, 0.05) is 0 Å². The zero-order valence-electron chi connectivity index (χ0n) is 13.2. The summed E-state index contributed by atoms with van der Waals surface area (Å²) >= 11 is 0. The summed E-state index contributed by atoms with van der Waals surface area (Å²) in [6.07, 6.45) is 6.69. The van der Waals surface area contributed by atoms with Crippen LogP contribution in [0.2, 0.25) is 0 Å². The Kier molecular flexibility index (Phi) is 4.59. The van der Waals surface area contributed by atoms with E-state index in [-0.39, 0.29) is 0 Å². The van der Waals surface area contributed by atoms with Gasteiger partial charge in [-0.05, 0) is 57.8 Å². The quantitative estimate of drug-likeness (QED) is 0.639. The molecular weight excluding hydrogens is 270 g/mol. The third kappa shape index (κ3) is 4.22. The van der Waals surface area contributed by atoms with Gasteiger partial charge in [0.15, 0.2) is 0 Å². The topological polar surface area (TPSA) is 64.6 Å². The zero-order chi connectivity index (χ0) is 15.6. The average molecular weight is 295 g/mol. The molecule has 1 amide bonds. The predicted molar refractivity (Wildman–Crippen MR) is 78.6 cm³/mol. The molecule has 0 radical (unpaired) electrons. The largest absolute Gasteiger partial charge is 0.467 e. The van der Waals surface area contributed by atoms with Crippen molar-refractivity contribution in [2.75, 3.05) is 7.11 Å². The summed E-state index contributed by atoms with van der Waals surface area (Å²) in [6.45, 7) is 5.38. The Bertz CT molecular complexity index is 424. The van der Waals surface area contributed by atoms with Crippen LogP contribution >= 0.6 is 0 Å². The average Bonchev–Trinajstić information content (AvgIpc) is 2.61. The Morgan fingerprint density at radius 2 is 1.81 bits per heavy atom. The molecule has 2 rings (SSSR count). The van der Waals surface area contributed by atoms with Crippen LogP contribution in [-0.2, 0) is 14.3 Å². The number of rotatable bonds is 4. The van der Waals surface area contributed by atoms with Gasteiger partial charge in [-0.2, -0.15) is 0 Å². The van der Waals surface area contributed by atoms with Crippen LogP contribution in [-0.4, -0.2) is 30.8 Å². The van der Waals surface area contributed by atoms with E-state index in [1.807, 2.05) is 0 Å². The minimum atomic E-state index is -0.632. The molecule has 21 heavy (non-hydrogen) atoms. The molecule has 0 aromatic rings. The third-order valence-electron chi connectivity index (χ3n) is 4.11. The molecule has 2 aliphatic rings. The lowest BCUT2D eigenvalue weighted by Gasteiger charge is -2.24. The number of ether oxygens (including phenoxy) is 2. The van der Waals surface area contributed by atoms with E-state index in [0.29, 0.717) is 24.2 Å². The van der Waals surface area contributed by atoms with Gasteiger partial charge in [-0.1, -0.05) is 12.2 Å². The van der Waals surface area contributed by atoms with Crippen LogP contribution < -0.4 is 5.32 Å². The van der Waals surface area contributed by atoms with Crippen LogP contribution in [0.15, 0.2) is 12.2 Å². The standard InChI is InChI=1S/C16H25NO4/c1-16(2,3)21-15(19)17-13(14(18)20-4)9-10-7-11-5-6-12(11)8-10/h5-6,10-13H,7-9H2,1-4H3,(H,17,19)/t10?,11-,12+,13-/m0/s1. The Labute approximate surface area is 126 Å². The van der Waals surface area contributed by atoms with Crippen LogP contribution in [0.25, 0.3) is 0 Å². The van der Waals surface area contributed by atoms with E-state index in [4.69, 9.17) is 9.47 Å². The van der Waals surface area contributed by atoms with E-state index in [9.17, 15) is 9.59 Å². The van der Waals surface area contributed by atoms with E-state index >= 15 is 0 Å². The van der Waals surface area contributed by atoms with Gasteiger partial charge in [0.1, 0.15) is 11.6 Å². The molecule has 0 spiro atoms. The van der Waals surface area contributed by atoms with Gasteiger partial charge >= 0.3 is 12.1 Å². The monoisotopic (exact) mass is 295 g/mol. The highest BCUT2D eigenvalue weighted by Crippen LogP contribution is 2.45. The fourth-order valence-electron chi connectivity index (χ4n) is 3.13. The molecule has 118 valence electrons. The molecule has 1 fully saturated rings. The normalized spacial score (nSPS) is 28.3. The van der Waals surface area contributed by atoms with Crippen molar-refractivity contribution >= 4 is 12.1 Å². The summed E-state index contributed by atoms with van der Waals surface area (Å²) in [5, 5.41) is 2.65. The predicted octanol–water partition coefficient (Wildman–Crippen LogP) is 2.66. The number of hydrogen-bond acceptors (Lipinski definition) is 4. The van der Waals surface area contributed by atoms with Crippen molar-refractivity contribution in [3.8, 4) is 0 Å². The highest BCUT2D eigenvalue weighted by Gasteiger charge is 2.38. The van der Waals surface area contributed by atoms with E-state index in [0.717, 1.165) is 12.8 Å². The number of nitrogens with one attached hydrogen (secondary N) is 1. The SMILES string of the molecule is COC(=O)[C@H](CC1C[C@H]2C=C[C@H]2C1)NC(=O)OC(C)(C)C. The molecule has 0 bridgehead atoms. The molecule has 1 unspecified atom stereocenters. The maximum absolute atomic E-state index is 11.9. The first-order chi connectivity index (χ1) is 9.78. The van der Waals surface area contributed by atoms with Crippen LogP contribution in [0.5, 0.6) is 0 Å². The van der Waals surface area contributed by atoms with Crippen molar-refractivity contribution in [1.82, 2.24) is 5.32 Å². The molecule has 0 aromatic carbocycles. The molecule has 0 heterocycles. The number of amides is 1. The molecular formula is C16H25NO4. The van der Waals surface area contributed by atoms with Crippen molar-refractivity contribution in [1.29, 1.82) is 0 Å². The highest BCUT2D eigenvalue weighted by atomic mass is 16.6. The van der Waals surface area contributed by atoms with E-state index in [2.05, 4.69) is 17.5 Å². The minimum absolute atomic E-state index is 0.409. The van der Waals surface area contributed by atoms with Crippen LogP contribution in [0.1, 0.15) is 40.0 Å². The summed E-state index contributed by atoms with van der Waals surface area (Å²) in [6, 6.07) is -0.632. The van der Waals surface area contributed by atoms with Gasteiger partial charge in [-0.15, -0.1) is 0 Å². The molecule has 0 aromatic heterocycles. The molecule has 1 N–H and O–H groups in total. The maximum atomic E-state index is 11.9. The summed E-state index contributed by atoms with van der Waals surface area (Å²) in [7, 11) is 1.34. The lowest BCUT2D eigenvalue weighted by Crippen LogP contribution is -2.44. The fraction of sp³-hybridized carbons (Fsp3) is 0.750. The van der Waals surface area contributed by atoms with Gasteiger partial charge in [0.25, 0.3) is 0 Å². The summed E-state index contributed by atoms with van der Waals surface area (Å²) < 4.78 is 10.0. The van der Waals surface area contributed by atoms with E-state index in [1.54, 1.807) is 20.8 Å². The fourth-order valence-corrected chi connectivity index (χ4v) is 3.13. The first-order valence-electron chi connectivity index (χ1n) is 7.54. The first kappa shape index (κ1) is 15.9. The molecule has 5 heteroatoms. The van der Waals surface area contributed by atoms with Crippen molar-refractivity contribution in [3.63, 3.8) is 0 Å². The zero-order valence-corrected chi connectivity index (χ0v) is 13.2. The van der Waals surface area contributed by atoms with Gasteiger partial charge in [-0.3, -0.25) is 0 Å². The lowest BCUT2D eigenvalue weighted by molar-refractivity contribution is -0.143. The summed E-state index contributed by atoms with van der Waals surface area (Å²) in [5.41, 5.74) is -0.582. The van der Waals surface area contributed by atoms with Crippen LogP contribution in [0.3, 0.4) is 0 Å². The second-order valence-corrected chi connectivity index (χ2v) is 7.01. The second kappa shape index (κ2) is 6.08. The van der Waals surface area contributed by atoms with Crippen LogP contribution in [0.4, 0.5) is 4.79 Å². The molecule has 0 aliphatic heterocycles. The number of methoxy groups -OCH3 is 1. The van der Waals surface area contributed by atoms with Crippen molar-refractivity contribution in [3.05, 3.63) is 12.2 Å². The Morgan fingerprint density at radius 1 is 1.24 bits per heavy atom. The molecule has 1 saturated carbocycles. The number of allylic oxidation sites excluding steroid dienone is 2. The summed E-state index contributed by atoms with van der Waals surface area (Å²) in [5.74, 6) is 1.35. The second-order valence-electron chi connectivity index (χ2n) is 7.01. The number of carbonyl (C=O) groups excluding carboxylic acids is 2. The number of fused-ring (bicyclic) bond motifs is 1. The van der Waals surface area contributed by atoms with Gasteiger partial charge < -0.3 is 14.8 Å². The van der Waals surface area contributed by atoms with Crippen molar-refractivity contribution < 1.29 is 19.1 Å².